The molecule has 0 aromatic heterocycles. The Kier molecular flexibility index (Phi) is 5.61. The summed E-state index contributed by atoms with van der Waals surface area (Å²) in [5.74, 6) is 0. The lowest BCUT2D eigenvalue weighted by Crippen LogP contribution is -2.34. The summed E-state index contributed by atoms with van der Waals surface area (Å²) in [7, 11) is -1.30. The SMILES string of the molecule is CN1CCC[C@H]1/C=C/S(=O)(=NC#N)NC(=O)Nc1c2c(cc3c1CCC3)CCC2. The summed E-state index contributed by atoms with van der Waals surface area (Å²) in [5, 5.41) is 13.3. The van der Waals surface area contributed by atoms with E-state index in [0.717, 1.165) is 63.6 Å². The number of carbonyl (C=O) groups is 1. The molecule has 2 amide bonds. The third-order valence-electron chi connectivity index (χ3n) is 6.19. The lowest BCUT2D eigenvalue weighted by atomic mass is 9.99. The Morgan fingerprint density at radius 1 is 1.24 bits per heavy atom. The largest absolute Gasteiger partial charge is 0.331 e. The summed E-state index contributed by atoms with van der Waals surface area (Å²) in [6.07, 6.45) is 11.6. The van der Waals surface area contributed by atoms with E-state index in [1.807, 2.05) is 7.05 Å². The number of hydrogen-bond acceptors (Lipinski definition) is 5. The summed E-state index contributed by atoms with van der Waals surface area (Å²) in [4.78, 5) is 14.9. The number of benzene rings is 1. The molecule has 0 bridgehead atoms. The van der Waals surface area contributed by atoms with Crippen LogP contribution in [0.25, 0.3) is 0 Å². The highest BCUT2D eigenvalue weighted by molar-refractivity contribution is 7.95. The lowest BCUT2D eigenvalue weighted by Gasteiger charge is -2.17. The molecule has 3 aliphatic rings. The fraction of sp³-hybridized carbons (Fsp3) is 0.524. The number of amides is 2. The van der Waals surface area contributed by atoms with Gasteiger partial charge in [-0.2, -0.15) is 5.26 Å². The average molecular weight is 414 g/mol. The molecule has 1 heterocycles. The number of rotatable bonds is 4. The van der Waals surface area contributed by atoms with Crippen LogP contribution in [0.5, 0.6) is 0 Å². The maximum Gasteiger partial charge on any atom is 0.331 e. The van der Waals surface area contributed by atoms with Crippen molar-refractivity contribution in [2.45, 2.75) is 57.4 Å². The van der Waals surface area contributed by atoms with Gasteiger partial charge in [-0.25, -0.2) is 13.7 Å². The number of likely N-dealkylation sites (N-methyl/N-ethyl adjacent to an activating group) is 1. The highest BCUT2D eigenvalue weighted by Crippen LogP contribution is 2.38. The summed E-state index contributed by atoms with van der Waals surface area (Å²) >= 11 is 0. The molecule has 2 atom stereocenters. The summed E-state index contributed by atoms with van der Waals surface area (Å²) in [6.45, 7) is 0.976. The van der Waals surface area contributed by atoms with E-state index in [-0.39, 0.29) is 6.04 Å². The molecule has 1 aliphatic heterocycles. The molecule has 154 valence electrons. The number of urea groups is 1. The van der Waals surface area contributed by atoms with Gasteiger partial charge in [0.1, 0.15) is 0 Å². The van der Waals surface area contributed by atoms with Crippen molar-refractivity contribution >= 4 is 21.6 Å². The van der Waals surface area contributed by atoms with Gasteiger partial charge in [0.15, 0.2) is 9.92 Å². The number of nitrogens with zero attached hydrogens (tertiary/aromatic N) is 3. The van der Waals surface area contributed by atoms with Crippen LogP contribution in [0, 0.1) is 11.5 Å². The fourth-order valence-corrected chi connectivity index (χ4v) is 5.77. The number of carbonyl (C=O) groups excluding carboxylic acids is 1. The average Bonchev–Trinajstić information content (AvgIpc) is 3.40. The van der Waals surface area contributed by atoms with Gasteiger partial charge in [0, 0.05) is 17.1 Å². The van der Waals surface area contributed by atoms with E-state index in [9.17, 15) is 9.00 Å². The lowest BCUT2D eigenvalue weighted by molar-refractivity contribution is 0.257. The van der Waals surface area contributed by atoms with Gasteiger partial charge in [-0.05, 0) is 87.2 Å². The molecule has 0 spiro atoms. The first kappa shape index (κ1) is 19.9. The molecule has 1 aromatic rings. The van der Waals surface area contributed by atoms with Crippen LogP contribution in [0.4, 0.5) is 10.5 Å². The normalized spacial score (nSPS) is 22.7. The predicted molar refractivity (Wildman–Crippen MR) is 114 cm³/mol. The second-order valence-corrected chi connectivity index (χ2v) is 9.87. The number of likely N-dealkylation sites (tertiary alicyclic amines) is 1. The molecule has 4 rings (SSSR count). The Morgan fingerprint density at radius 2 is 1.93 bits per heavy atom. The van der Waals surface area contributed by atoms with Gasteiger partial charge >= 0.3 is 6.03 Å². The van der Waals surface area contributed by atoms with Crippen LogP contribution in [-0.4, -0.2) is 34.8 Å². The Morgan fingerprint density at radius 3 is 2.52 bits per heavy atom. The highest BCUT2D eigenvalue weighted by Gasteiger charge is 2.26. The van der Waals surface area contributed by atoms with Crippen LogP contribution in [0.3, 0.4) is 0 Å². The van der Waals surface area contributed by atoms with Crippen molar-refractivity contribution in [1.82, 2.24) is 9.62 Å². The molecule has 7 nitrogen and oxygen atoms in total. The minimum absolute atomic E-state index is 0.148. The monoisotopic (exact) mass is 413 g/mol. The Hall–Kier alpha value is -2.37. The number of anilines is 1. The number of nitriles is 1. The van der Waals surface area contributed by atoms with E-state index in [4.69, 9.17) is 5.26 Å². The minimum atomic E-state index is -3.30. The van der Waals surface area contributed by atoms with E-state index in [1.54, 1.807) is 12.3 Å². The van der Waals surface area contributed by atoms with E-state index in [1.165, 1.54) is 27.7 Å². The third kappa shape index (κ3) is 4.16. The standard InChI is InChI=1S/C21H27N5O2S/c1-26-11-4-7-17(26)10-12-29(28,23-14-22)25-21(27)24-20-18-8-2-5-15(18)13-16-6-3-9-19(16)20/h10,12-13,17H,2-9,11H2,1H3,(H2,23,24,25,27,28)/b12-10+/t17-,29?/m0/s1. The zero-order valence-corrected chi connectivity index (χ0v) is 17.6. The molecular formula is C21H27N5O2S. The summed E-state index contributed by atoms with van der Waals surface area (Å²) < 4.78 is 19.0. The van der Waals surface area contributed by atoms with Crippen LogP contribution in [0.15, 0.2) is 21.9 Å². The van der Waals surface area contributed by atoms with Crippen molar-refractivity contribution in [2.75, 3.05) is 18.9 Å². The molecule has 8 heteroatoms. The molecule has 1 fully saturated rings. The molecule has 0 saturated carbocycles. The van der Waals surface area contributed by atoms with Gasteiger partial charge in [-0.1, -0.05) is 16.5 Å². The van der Waals surface area contributed by atoms with Crippen LogP contribution in [0.2, 0.25) is 0 Å². The molecule has 0 radical (unpaired) electrons. The topological polar surface area (TPSA) is 97.6 Å². The molecule has 2 N–H and O–H groups in total. The number of aryl methyl sites for hydroxylation is 2. The highest BCUT2D eigenvalue weighted by atomic mass is 32.2. The second kappa shape index (κ2) is 8.17. The van der Waals surface area contributed by atoms with E-state index >= 15 is 0 Å². The van der Waals surface area contributed by atoms with Crippen LogP contribution in [-0.2, 0) is 35.6 Å². The molecule has 1 aromatic carbocycles. The van der Waals surface area contributed by atoms with Crippen molar-refractivity contribution in [3.05, 3.63) is 39.8 Å². The van der Waals surface area contributed by atoms with Crippen molar-refractivity contribution in [3.63, 3.8) is 0 Å². The van der Waals surface area contributed by atoms with Crippen molar-refractivity contribution in [2.24, 2.45) is 4.36 Å². The maximum atomic E-state index is 13.1. The van der Waals surface area contributed by atoms with Crippen LogP contribution in [0.1, 0.15) is 47.9 Å². The maximum absolute atomic E-state index is 13.1. The van der Waals surface area contributed by atoms with Gasteiger partial charge in [0.2, 0.25) is 6.19 Å². The summed E-state index contributed by atoms with van der Waals surface area (Å²) in [6, 6.07) is 1.87. The number of nitrogens with one attached hydrogen (secondary N) is 2. The molecular weight excluding hydrogens is 386 g/mol. The Bertz CT molecular complexity index is 985. The van der Waals surface area contributed by atoms with Crippen LogP contribution >= 0.6 is 0 Å². The number of hydrogen-bond donors (Lipinski definition) is 2. The van der Waals surface area contributed by atoms with Crippen molar-refractivity contribution in [1.29, 1.82) is 5.26 Å². The minimum Gasteiger partial charge on any atom is -0.307 e. The van der Waals surface area contributed by atoms with E-state index in [0.29, 0.717) is 0 Å². The van der Waals surface area contributed by atoms with Gasteiger partial charge in [-0.3, -0.25) is 4.90 Å². The Balaban J connectivity index is 1.55. The van der Waals surface area contributed by atoms with Gasteiger partial charge in [-0.15, -0.1) is 0 Å². The zero-order chi connectivity index (χ0) is 20.4. The van der Waals surface area contributed by atoms with Gasteiger partial charge in [0.05, 0.1) is 0 Å². The molecule has 29 heavy (non-hydrogen) atoms. The predicted octanol–water partition coefficient (Wildman–Crippen LogP) is 3.26. The van der Waals surface area contributed by atoms with Crippen LogP contribution < -0.4 is 10.0 Å². The first-order valence-corrected chi connectivity index (χ1v) is 11.9. The molecule has 1 saturated heterocycles. The zero-order valence-electron chi connectivity index (χ0n) is 16.7. The fourth-order valence-electron chi connectivity index (χ4n) is 4.76. The summed E-state index contributed by atoms with van der Waals surface area (Å²) in [5.41, 5.74) is 5.91. The van der Waals surface area contributed by atoms with E-state index < -0.39 is 15.9 Å². The number of fused-ring (bicyclic) bond motifs is 2. The van der Waals surface area contributed by atoms with Crippen molar-refractivity contribution in [3.8, 4) is 6.19 Å². The second-order valence-electron chi connectivity index (χ2n) is 8.07. The molecule has 2 aliphatic carbocycles. The van der Waals surface area contributed by atoms with E-state index in [2.05, 4.69) is 25.4 Å². The van der Waals surface area contributed by atoms with Gasteiger partial charge < -0.3 is 5.32 Å². The quantitative estimate of drug-likeness (QED) is 0.740. The molecule has 1 unspecified atom stereocenters. The van der Waals surface area contributed by atoms with Crippen molar-refractivity contribution < 1.29 is 9.00 Å². The third-order valence-corrected chi connectivity index (χ3v) is 7.55. The first-order valence-electron chi connectivity index (χ1n) is 10.3. The first-order chi connectivity index (χ1) is 14.0. The smallest absolute Gasteiger partial charge is 0.307 e. The van der Waals surface area contributed by atoms with Gasteiger partial charge in [0.25, 0.3) is 0 Å². The Labute approximate surface area is 172 Å².